The van der Waals surface area contributed by atoms with Gasteiger partial charge in [0.1, 0.15) is 0 Å². The maximum Gasteiger partial charge on any atom is 0.0789 e. The molecule has 1 aliphatic heterocycles. The van der Waals surface area contributed by atoms with Crippen LogP contribution in [0.25, 0.3) is 0 Å². The summed E-state index contributed by atoms with van der Waals surface area (Å²) in [6.45, 7) is 1.08. The quantitative estimate of drug-likeness (QED) is 0.715. The number of likely N-dealkylation sites (tertiary alicyclic amines) is 1. The van der Waals surface area contributed by atoms with Crippen molar-refractivity contribution in [2.45, 2.75) is 16.7 Å². The summed E-state index contributed by atoms with van der Waals surface area (Å²) < 4.78 is 2.16. The topological polar surface area (TPSA) is 8.17 Å². The van der Waals surface area contributed by atoms with E-state index in [-0.39, 0.29) is 0 Å². The number of thiocarbonyl (C=S) groups is 1. The Balaban J connectivity index is 2.00. The van der Waals surface area contributed by atoms with Crippen LogP contribution >= 0.6 is 24.0 Å². The van der Waals surface area contributed by atoms with Crippen molar-refractivity contribution in [3.8, 4) is 0 Å². The second-order valence-electron chi connectivity index (χ2n) is 3.68. The predicted octanol–water partition coefficient (Wildman–Crippen LogP) is 2.15. The van der Waals surface area contributed by atoms with E-state index in [1.165, 1.54) is 5.03 Å². The average molecular weight is 226 g/mol. The fraction of sp³-hybridized carbons (Fsp3) is 0.500. The van der Waals surface area contributed by atoms with Gasteiger partial charge in [-0.3, -0.25) is 0 Å². The van der Waals surface area contributed by atoms with Crippen LogP contribution in [0.3, 0.4) is 0 Å². The monoisotopic (exact) mass is 226 g/mol. The molecule has 1 fully saturated rings. The van der Waals surface area contributed by atoms with E-state index in [9.17, 15) is 0 Å². The number of hydrogen-bond acceptors (Lipinski definition) is 2. The standard InChI is InChI=1S/C10H14N2S2/c1-11-5-3-4-10(11)14-8-6-9(13)12(2)7-8/h3-5,8H,6-7H2,1-2H3. The number of nitrogens with zero attached hydrogens (tertiary/aromatic N) is 2. The summed E-state index contributed by atoms with van der Waals surface area (Å²) in [6.07, 6.45) is 3.13. The van der Waals surface area contributed by atoms with Gasteiger partial charge in [0, 0.05) is 38.5 Å². The second kappa shape index (κ2) is 3.95. The molecule has 1 aromatic heterocycles. The van der Waals surface area contributed by atoms with Crippen LogP contribution in [-0.4, -0.2) is 33.3 Å². The fourth-order valence-corrected chi connectivity index (χ4v) is 3.29. The van der Waals surface area contributed by atoms with Crippen molar-refractivity contribution >= 4 is 29.0 Å². The Morgan fingerprint density at radius 2 is 2.29 bits per heavy atom. The Kier molecular flexibility index (Phi) is 2.83. The van der Waals surface area contributed by atoms with Gasteiger partial charge in [0.25, 0.3) is 0 Å². The molecule has 0 amide bonds. The number of aromatic nitrogens is 1. The molecule has 1 atom stereocenters. The van der Waals surface area contributed by atoms with Crippen molar-refractivity contribution in [2.75, 3.05) is 13.6 Å². The van der Waals surface area contributed by atoms with E-state index in [1.807, 2.05) is 11.8 Å². The van der Waals surface area contributed by atoms with Gasteiger partial charge in [0.2, 0.25) is 0 Å². The summed E-state index contributed by atoms with van der Waals surface area (Å²) in [4.78, 5) is 3.27. The van der Waals surface area contributed by atoms with Gasteiger partial charge < -0.3 is 9.47 Å². The van der Waals surface area contributed by atoms with Gasteiger partial charge in [-0.2, -0.15) is 0 Å². The van der Waals surface area contributed by atoms with Gasteiger partial charge in [-0.25, -0.2) is 0 Å². The third-order valence-corrected chi connectivity index (χ3v) is 4.28. The van der Waals surface area contributed by atoms with E-state index < -0.39 is 0 Å². The molecule has 4 heteroatoms. The molecule has 76 valence electrons. The highest BCUT2D eigenvalue weighted by Crippen LogP contribution is 2.30. The largest absolute Gasteiger partial charge is 0.368 e. The third kappa shape index (κ3) is 1.96. The molecule has 0 saturated carbocycles. The molecule has 0 radical (unpaired) electrons. The normalized spacial score (nSPS) is 22.0. The predicted molar refractivity (Wildman–Crippen MR) is 64.9 cm³/mol. The van der Waals surface area contributed by atoms with Gasteiger partial charge in [-0.15, -0.1) is 11.8 Å². The summed E-state index contributed by atoms with van der Waals surface area (Å²) in [6, 6.07) is 4.24. The maximum atomic E-state index is 5.25. The molecule has 1 aliphatic rings. The zero-order valence-corrected chi connectivity index (χ0v) is 10.1. The minimum atomic E-state index is 0.626. The first kappa shape index (κ1) is 10.1. The van der Waals surface area contributed by atoms with Crippen LogP contribution < -0.4 is 0 Å². The molecule has 1 saturated heterocycles. The number of rotatable bonds is 2. The molecule has 2 heterocycles. The molecule has 1 aromatic rings. The van der Waals surface area contributed by atoms with E-state index >= 15 is 0 Å². The highest BCUT2D eigenvalue weighted by molar-refractivity contribution is 8.00. The Bertz CT molecular complexity index is 346. The van der Waals surface area contributed by atoms with E-state index in [0.717, 1.165) is 18.0 Å². The lowest BCUT2D eigenvalue weighted by molar-refractivity contribution is 0.561. The number of aryl methyl sites for hydroxylation is 1. The zero-order valence-electron chi connectivity index (χ0n) is 8.43. The molecular formula is C10H14N2S2. The van der Waals surface area contributed by atoms with E-state index in [0.29, 0.717) is 5.25 Å². The minimum absolute atomic E-state index is 0.626. The zero-order chi connectivity index (χ0) is 10.1. The molecule has 0 N–H and O–H groups in total. The van der Waals surface area contributed by atoms with E-state index in [4.69, 9.17) is 12.2 Å². The summed E-state index contributed by atoms with van der Waals surface area (Å²) in [7, 11) is 4.16. The van der Waals surface area contributed by atoms with Crippen molar-refractivity contribution < 1.29 is 0 Å². The highest BCUT2D eigenvalue weighted by atomic mass is 32.2. The van der Waals surface area contributed by atoms with Crippen molar-refractivity contribution in [1.29, 1.82) is 0 Å². The van der Waals surface area contributed by atoms with Crippen molar-refractivity contribution in [3.05, 3.63) is 18.3 Å². The van der Waals surface area contributed by atoms with Crippen LogP contribution in [0.5, 0.6) is 0 Å². The first-order valence-electron chi connectivity index (χ1n) is 4.69. The summed E-state index contributed by atoms with van der Waals surface area (Å²) in [5, 5.41) is 1.95. The molecule has 2 rings (SSSR count). The molecule has 14 heavy (non-hydrogen) atoms. The van der Waals surface area contributed by atoms with Gasteiger partial charge in [0.05, 0.1) is 10.0 Å². The lowest BCUT2D eigenvalue weighted by atomic mass is 10.4. The van der Waals surface area contributed by atoms with Gasteiger partial charge >= 0.3 is 0 Å². The van der Waals surface area contributed by atoms with Crippen molar-refractivity contribution in [1.82, 2.24) is 9.47 Å². The van der Waals surface area contributed by atoms with Crippen molar-refractivity contribution in [2.24, 2.45) is 7.05 Å². The van der Waals surface area contributed by atoms with Crippen LogP contribution in [0.4, 0.5) is 0 Å². The summed E-state index contributed by atoms with van der Waals surface area (Å²) in [5.74, 6) is 0. The first-order chi connectivity index (χ1) is 6.66. The molecule has 0 aliphatic carbocycles. The van der Waals surface area contributed by atoms with Crippen molar-refractivity contribution in [3.63, 3.8) is 0 Å². The molecule has 1 unspecified atom stereocenters. The van der Waals surface area contributed by atoms with Gasteiger partial charge in [0.15, 0.2) is 0 Å². The maximum absolute atomic E-state index is 5.25. The SMILES string of the molecule is CN1CC(Sc2cccn2C)CC1=S. The smallest absolute Gasteiger partial charge is 0.0789 e. The Hall–Kier alpha value is -0.480. The minimum Gasteiger partial charge on any atom is -0.368 e. The van der Waals surface area contributed by atoms with Gasteiger partial charge in [-0.05, 0) is 12.1 Å². The van der Waals surface area contributed by atoms with Gasteiger partial charge in [-0.1, -0.05) is 12.2 Å². The lowest BCUT2D eigenvalue weighted by Gasteiger charge is -2.11. The first-order valence-corrected chi connectivity index (χ1v) is 5.97. The third-order valence-electron chi connectivity index (χ3n) is 2.49. The Morgan fingerprint density at radius 3 is 2.79 bits per heavy atom. The highest BCUT2D eigenvalue weighted by Gasteiger charge is 2.24. The fourth-order valence-electron chi connectivity index (χ4n) is 1.64. The van der Waals surface area contributed by atoms with Crippen LogP contribution in [0.15, 0.2) is 23.4 Å². The molecule has 2 nitrogen and oxygen atoms in total. The summed E-state index contributed by atoms with van der Waals surface area (Å²) in [5.41, 5.74) is 0. The molecular weight excluding hydrogens is 212 g/mol. The Labute approximate surface area is 94.3 Å². The second-order valence-corrected chi connectivity index (χ2v) is 5.47. The van der Waals surface area contributed by atoms with E-state index in [1.54, 1.807) is 0 Å². The summed E-state index contributed by atoms with van der Waals surface area (Å²) >= 11 is 7.18. The Morgan fingerprint density at radius 1 is 1.50 bits per heavy atom. The number of thioether (sulfide) groups is 1. The molecule has 0 aromatic carbocycles. The van der Waals surface area contributed by atoms with Crippen LogP contribution in [-0.2, 0) is 7.05 Å². The molecule has 0 bridgehead atoms. The van der Waals surface area contributed by atoms with Crippen LogP contribution in [0.2, 0.25) is 0 Å². The number of hydrogen-bond donors (Lipinski definition) is 0. The van der Waals surface area contributed by atoms with Crippen LogP contribution in [0.1, 0.15) is 6.42 Å². The average Bonchev–Trinajstić information content (AvgIpc) is 2.63. The van der Waals surface area contributed by atoms with Crippen LogP contribution in [0, 0.1) is 0 Å². The lowest BCUT2D eigenvalue weighted by Crippen LogP contribution is -2.18. The molecule has 0 spiro atoms. The van der Waals surface area contributed by atoms with E-state index in [2.05, 4.69) is 41.9 Å².